The van der Waals surface area contributed by atoms with Gasteiger partial charge in [0.1, 0.15) is 11.9 Å². The molecule has 0 unspecified atom stereocenters. The third-order valence-corrected chi connectivity index (χ3v) is 10.6. The fourth-order valence-electron chi connectivity index (χ4n) is 6.30. The van der Waals surface area contributed by atoms with Crippen LogP contribution in [0.25, 0.3) is 31.5 Å². The monoisotopic (exact) mass is 578 g/mol. The topological polar surface area (TPSA) is 52.2 Å². The first-order valence-electron chi connectivity index (χ1n) is 14.6. The van der Waals surface area contributed by atoms with Crippen LogP contribution in [0.1, 0.15) is 55.6 Å². The Labute approximate surface area is 249 Å². The Morgan fingerprint density at radius 1 is 0.805 bits per heavy atom. The summed E-state index contributed by atoms with van der Waals surface area (Å²) in [5, 5.41) is 2.12. The van der Waals surface area contributed by atoms with E-state index >= 15 is 0 Å². The first-order valence-corrected chi connectivity index (χ1v) is 16.3. The zero-order valence-corrected chi connectivity index (χ0v) is 24.7. The van der Waals surface area contributed by atoms with Gasteiger partial charge in [-0.25, -0.2) is 4.98 Å². The molecule has 5 heterocycles. The number of amides is 1. The lowest BCUT2D eigenvalue weighted by Crippen LogP contribution is -2.44. The van der Waals surface area contributed by atoms with E-state index in [-0.39, 0.29) is 18.0 Å². The molecule has 208 valence electrons. The van der Waals surface area contributed by atoms with Crippen LogP contribution in [0.4, 0.5) is 0 Å². The van der Waals surface area contributed by atoms with Gasteiger partial charge in [0.2, 0.25) is 5.91 Å². The van der Waals surface area contributed by atoms with Crippen LogP contribution in [0.5, 0.6) is 0 Å². The van der Waals surface area contributed by atoms with E-state index in [1.165, 1.54) is 26.6 Å². The summed E-state index contributed by atoms with van der Waals surface area (Å²) in [4.78, 5) is 31.0. The summed E-state index contributed by atoms with van der Waals surface area (Å²) in [6.45, 7) is 2.73. The Morgan fingerprint density at radius 3 is 2.37 bits per heavy atom. The normalized spacial score (nSPS) is 18.5. The molecule has 41 heavy (non-hydrogen) atoms. The van der Waals surface area contributed by atoms with Crippen molar-refractivity contribution < 1.29 is 4.79 Å². The molecule has 2 fully saturated rings. The Bertz CT molecular complexity index is 1580. The van der Waals surface area contributed by atoms with Crippen molar-refractivity contribution in [3.63, 3.8) is 0 Å². The second-order valence-corrected chi connectivity index (χ2v) is 13.0. The number of likely N-dealkylation sites (tertiary alicyclic amines) is 2. The summed E-state index contributed by atoms with van der Waals surface area (Å²) in [6.07, 6.45) is 7.41. The van der Waals surface area contributed by atoms with Crippen LogP contribution in [0, 0.1) is 0 Å². The maximum absolute atomic E-state index is 14.2. The molecule has 2 saturated heterocycles. The molecule has 2 aliphatic rings. The molecule has 0 aliphatic carbocycles. The number of aromatic nitrogens is 2. The number of rotatable bonds is 7. The van der Waals surface area contributed by atoms with Crippen LogP contribution < -0.4 is 0 Å². The average Bonchev–Trinajstić information content (AvgIpc) is 3.85. The summed E-state index contributed by atoms with van der Waals surface area (Å²) in [5.74, 6) is 1.10. The number of hydrogen-bond donors (Lipinski definition) is 1. The number of thiophene rings is 2. The number of nitrogens with one attached hydrogen (secondary N) is 1. The molecule has 5 aromatic rings. The fraction of sp³-hybridized carbons (Fsp3) is 0.294. The summed E-state index contributed by atoms with van der Waals surface area (Å²) in [7, 11) is 0. The minimum Gasteiger partial charge on any atom is -0.340 e. The standard InChI is InChI=1S/C34H34N4OS2/c39-34(32(26-9-3-1-4-10-26)37-19-5-2-6-20-37)38-21-7-11-28(38)33-35-23-27(36-33)24-13-15-25(16-14-24)29-17-18-31(41-29)30-12-8-22-40-30/h1,3-4,8-10,12-18,22-23,28,32H,2,5-7,11,19-21H2,(H,35,36)/t28-,32-/m1/s1. The molecule has 7 rings (SSSR count). The second kappa shape index (κ2) is 11.8. The average molecular weight is 579 g/mol. The fourth-order valence-corrected chi connectivity index (χ4v) is 8.15. The van der Waals surface area contributed by atoms with E-state index in [1.54, 1.807) is 11.3 Å². The molecule has 0 radical (unpaired) electrons. The number of carbonyl (C=O) groups is 1. The summed E-state index contributed by atoms with van der Waals surface area (Å²) < 4.78 is 0. The highest BCUT2D eigenvalue weighted by Crippen LogP contribution is 2.38. The van der Waals surface area contributed by atoms with Crippen LogP contribution >= 0.6 is 22.7 Å². The molecular formula is C34H34N4OS2. The van der Waals surface area contributed by atoms with Crippen molar-refractivity contribution in [1.82, 2.24) is 19.8 Å². The molecule has 2 aromatic carbocycles. The van der Waals surface area contributed by atoms with Gasteiger partial charge in [0.05, 0.1) is 17.9 Å². The van der Waals surface area contributed by atoms with Gasteiger partial charge in [-0.3, -0.25) is 9.69 Å². The van der Waals surface area contributed by atoms with Crippen molar-refractivity contribution in [3.05, 3.63) is 102 Å². The van der Waals surface area contributed by atoms with E-state index in [1.807, 2.05) is 35.7 Å². The number of aromatic amines is 1. The summed E-state index contributed by atoms with van der Waals surface area (Å²) >= 11 is 3.61. The summed E-state index contributed by atoms with van der Waals surface area (Å²) in [5.41, 5.74) is 4.41. The highest BCUT2D eigenvalue weighted by molar-refractivity contribution is 7.23. The van der Waals surface area contributed by atoms with Crippen LogP contribution in [0.15, 0.2) is 90.4 Å². The number of nitrogens with zero attached hydrogens (tertiary/aromatic N) is 3. The third-order valence-electron chi connectivity index (χ3n) is 8.40. The Morgan fingerprint density at radius 2 is 1.59 bits per heavy atom. The van der Waals surface area contributed by atoms with Gasteiger partial charge in [-0.15, -0.1) is 22.7 Å². The van der Waals surface area contributed by atoms with E-state index in [9.17, 15) is 4.79 Å². The van der Waals surface area contributed by atoms with E-state index in [4.69, 9.17) is 4.98 Å². The lowest BCUT2D eigenvalue weighted by molar-refractivity contribution is -0.139. The first kappa shape index (κ1) is 26.4. The predicted molar refractivity (Wildman–Crippen MR) is 169 cm³/mol. The third kappa shape index (κ3) is 5.42. The van der Waals surface area contributed by atoms with Crippen LogP contribution in [0.3, 0.4) is 0 Å². The molecule has 7 heteroatoms. The highest BCUT2D eigenvalue weighted by Gasteiger charge is 2.38. The Hall–Kier alpha value is -3.52. The van der Waals surface area contributed by atoms with E-state index in [0.29, 0.717) is 0 Å². The molecule has 0 spiro atoms. The molecular weight excluding hydrogens is 545 g/mol. The van der Waals surface area contributed by atoms with Crippen molar-refractivity contribution in [2.24, 2.45) is 0 Å². The van der Waals surface area contributed by atoms with Gasteiger partial charge in [0.25, 0.3) is 0 Å². The molecule has 2 aliphatic heterocycles. The molecule has 0 saturated carbocycles. The minimum atomic E-state index is -0.225. The Kier molecular flexibility index (Phi) is 7.57. The maximum Gasteiger partial charge on any atom is 0.245 e. The number of hydrogen-bond acceptors (Lipinski definition) is 5. The van der Waals surface area contributed by atoms with Gasteiger partial charge in [0.15, 0.2) is 0 Å². The molecule has 2 atom stereocenters. The predicted octanol–water partition coefficient (Wildman–Crippen LogP) is 8.42. The van der Waals surface area contributed by atoms with E-state index < -0.39 is 0 Å². The number of H-pyrrole nitrogens is 1. The van der Waals surface area contributed by atoms with Gasteiger partial charge in [0, 0.05) is 21.2 Å². The lowest BCUT2D eigenvalue weighted by atomic mass is 10.00. The van der Waals surface area contributed by atoms with E-state index in [2.05, 4.69) is 80.8 Å². The first-order chi connectivity index (χ1) is 20.2. The second-order valence-electron chi connectivity index (χ2n) is 11.0. The number of benzene rings is 2. The number of imidazole rings is 1. The lowest BCUT2D eigenvalue weighted by Gasteiger charge is -2.37. The SMILES string of the molecule is O=C([C@@H](c1ccccc1)N1CCCCC1)N1CCC[C@@H]1c1ncc(-c2ccc(-c3ccc(-c4cccs4)s3)cc2)[nH]1. The largest absolute Gasteiger partial charge is 0.340 e. The highest BCUT2D eigenvalue weighted by atomic mass is 32.1. The Balaban J connectivity index is 1.10. The van der Waals surface area contributed by atoms with Crippen LogP contribution in [-0.2, 0) is 4.79 Å². The molecule has 0 bridgehead atoms. The van der Waals surface area contributed by atoms with E-state index in [0.717, 1.165) is 68.0 Å². The van der Waals surface area contributed by atoms with Crippen molar-refractivity contribution >= 4 is 28.6 Å². The number of carbonyl (C=O) groups excluding carboxylic acids is 1. The van der Waals surface area contributed by atoms with Crippen molar-refractivity contribution in [2.75, 3.05) is 19.6 Å². The van der Waals surface area contributed by atoms with Gasteiger partial charge in [-0.05, 0) is 79.0 Å². The van der Waals surface area contributed by atoms with Gasteiger partial charge in [-0.1, -0.05) is 67.1 Å². The van der Waals surface area contributed by atoms with Crippen molar-refractivity contribution in [1.29, 1.82) is 0 Å². The smallest absolute Gasteiger partial charge is 0.245 e. The van der Waals surface area contributed by atoms with Crippen molar-refractivity contribution in [2.45, 2.75) is 44.2 Å². The zero-order chi connectivity index (χ0) is 27.6. The van der Waals surface area contributed by atoms with Crippen LogP contribution in [0.2, 0.25) is 0 Å². The molecule has 3 aromatic heterocycles. The molecule has 1 amide bonds. The summed E-state index contributed by atoms with van der Waals surface area (Å²) in [6, 6.07) is 27.5. The molecule has 1 N–H and O–H groups in total. The molecule has 5 nitrogen and oxygen atoms in total. The quantitative estimate of drug-likeness (QED) is 0.211. The van der Waals surface area contributed by atoms with Gasteiger partial charge < -0.3 is 9.88 Å². The van der Waals surface area contributed by atoms with Gasteiger partial charge in [-0.2, -0.15) is 0 Å². The van der Waals surface area contributed by atoms with Gasteiger partial charge >= 0.3 is 0 Å². The number of piperidine rings is 1. The zero-order valence-electron chi connectivity index (χ0n) is 23.0. The minimum absolute atomic E-state index is 0.0201. The van der Waals surface area contributed by atoms with Crippen LogP contribution in [-0.4, -0.2) is 45.3 Å². The van der Waals surface area contributed by atoms with Crippen molar-refractivity contribution in [3.8, 4) is 31.5 Å². The maximum atomic E-state index is 14.2.